The first-order chi connectivity index (χ1) is 8.57. The number of rotatable bonds is 2. The zero-order chi connectivity index (χ0) is 13.3. The van der Waals surface area contributed by atoms with Gasteiger partial charge >= 0.3 is 0 Å². The summed E-state index contributed by atoms with van der Waals surface area (Å²) in [7, 11) is 0. The first-order valence-electron chi connectivity index (χ1n) is 5.84. The van der Waals surface area contributed by atoms with E-state index in [4.69, 9.17) is 11.0 Å². The normalized spacial score (nSPS) is 12.1. The summed E-state index contributed by atoms with van der Waals surface area (Å²) in [5, 5.41) is 9.13. The van der Waals surface area contributed by atoms with Crippen LogP contribution < -0.4 is 5.73 Å². The van der Waals surface area contributed by atoms with Gasteiger partial charge in [-0.1, -0.05) is 6.07 Å². The van der Waals surface area contributed by atoms with Gasteiger partial charge in [-0.3, -0.25) is 4.98 Å². The minimum Gasteiger partial charge on any atom is -0.384 e. The molecule has 0 radical (unpaired) electrons. The lowest BCUT2D eigenvalue weighted by Gasteiger charge is -2.18. The van der Waals surface area contributed by atoms with Crippen LogP contribution in [0.3, 0.4) is 0 Å². The fourth-order valence-electron chi connectivity index (χ4n) is 2.27. The van der Waals surface area contributed by atoms with Gasteiger partial charge in [-0.15, -0.1) is 0 Å². The van der Waals surface area contributed by atoms with Crippen LogP contribution in [0.2, 0.25) is 0 Å². The molecule has 4 nitrogen and oxygen atoms in total. The van der Waals surface area contributed by atoms with Gasteiger partial charge in [0.1, 0.15) is 11.9 Å². The molecule has 1 atom stereocenters. The quantitative estimate of drug-likeness (QED) is 0.877. The topological polar surface area (TPSA) is 67.6 Å². The Labute approximate surface area is 107 Å². The third kappa shape index (κ3) is 1.74. The van der Waals surface area contributed by atoms with Crippen molar-refractivity contribution in [3.8, 4) is 6.07 Å². The van der Waals surface area contributed by atoms with Crippen LogP contribution in [0, 0.1) is 25.2 Å². The summed E-state index contributed by atoms with van der Waals surface area (Å²) in [6.45, 7) is 5.97. The number of hydrogen-bond donors (Lipinski definition) is 1. The summed E-state index contributed by atoms with van der Waals surface area (Å²) in [5.41, 5.74) is 9.70. The molecule has 18 heavy (non-hydrogen) atoms. The van der Waals surface area contributed by atoms with E-state index in [1.165, 1.54) is 0 Å². The van der Waals surface area contributed by atoms with Gasteiger partial charge in [-0.05, 0) is 38.0 Å². The summed E-state index contributed by atoms with van der Waals surface area (Å²) in [6, 6.07) is 6.15. The highest BCUT2D eigenvalue weighted by molar-refractivity contribution is 5.58. The van der Waals surface area contributed by atoms with Crippen LogP contribution in [0.15, 0.2) is 24.5 Å². The van der Waals surface area contributed by atoms with Gasteiger partial charge in [0.15, 0.2) is 0 Å². The van der Waals surface area contributed by atoms with Crippen molar-refractivity contribution in [2.45, 2.75) is 26.8 Å². The van der Waals surface area contributed by atoms with Gasteiger partial charge < -0.3 is 10.3 Å². The van der Waals surface area contributed by atoms with Crippen LogP contribution >= 0.6 is 0 Å². The molecule has 92 valence electrons. The van der Waals surface area contributed by atoms with Crippen LogP contribution in [0.1, 0.15) is 35.3 Å². The van der Waals surface area contributed by atoms with E-state index in [1.54, 1.807) is 6.20 Å². The molecule has 0 aliphatic heterocycles. The number of anilines is 1. The molecule has 2 N–H and O–H groups in total. The number of nitrogens with zero attached hydrogens (tertiary/aromatic N) is 3. The zero-order valence-corrected chi connectivity index (χ0v) is 10.8. The smallest absolute Gasteiger partial charge is 0.122 e. The number of nitrogen functional groups attached to an aromatic ring is 1. The van der Waals surface area contributed by atoms with E-state index >= 15 is 0 Å². The van der Waals surface area contributed by atoms with E-state index in [0.29, 0.717) is 11.4 Å². The predicted octanol–water partition coefficient (Wildman–Crippen LogP) is 2.56. The third-order valence-corrected chi connectivity index (χ3v) is 3.46. The number of aromatic nitrogens is 2. The molecule has 2 aromatic rings. The van der Waals surface area contributed by atoms with Crippen LogP contribution in [-0.2, 0) is 0 Å². The van der Waals surface area contributed by atoms with Crippen LogP contribution in [0.5, 0.6) is 0 Å². The molecule has 4 heteroatoms. The Kier molecular flexibility index (Phi) is 3.07. The number of pyridine rings is 1. The second-order valence-electron chi connectivity index (χ2n) is 4.41. The van der Waals surface area contributed by atoms with E-state index in [1.807, 2.05) is 36.7 Å². The summed E-state index contributed by atoms with van der Waals surface area (Å²) in [5.74, 6) is 0.531. The fraction of sp³-hybridized carbons (Fsp3) is 0.286. The average Bonchev–Trinajstić information content (AvgIpc) is 2.60. The Hall–Kier alpha value is -2.28. The van der Waals surface area contributed by atoms with Gasteiger partial charge in [-0.2, -0.15) is 5.26 Å². The van der Waals surface area contributed by atoms with Crippen molar-refractivity contribution >= 4 is 5.82 Å². The monoisotopic (exact) mass is 240 g/mol. The highest BCUT2D eigenvalue weighted by Gasteiger charge is 2.19. The number of hydrogen-bond acceptors (Lipinski definition) is 3. The standard InChI is InChI=1S/C14H16N4/c1-9-10(2)18(14(16)13(9)7-15)11(3)12-5-4-6-17-8-12/h4-6,8,11H,16H2,1-3H3. The van der Waals surface area contributed by atoms with Gasteiger partial charge in [0.05, 0.1) is 11.6 Å². The first kappa shape index (κ1) is 12.2. The van der Waals surface area contributed by atoms with Crippen molar-refractivity contribution in [1.29, 1.82) is 5.26 Å². The Balaban J connectivity index is 2.57. The number of nitrogens with two attached hydrogens (primary N) is 1. The highest BCUT2D eigenvalue weighted by atomic mass is 15.1. The molecule has 0 aliphatic rings. The largest absolute Gasteiger partial charge is 0.384 e. The van der Waals surface area contributed by atoms with Gasteiger partial charge in [0.2, 0.25) is 0 Å². The lowest BCUT2D eigenvalue weighted by Crippen LogP contribution is -2.12. The molecular weight excluding hydrogens is 224 g/mol. The second-order valence-corrected chi connectivity index (χ2v) is 4.41. The Bertz CT molecular complexity index is 605. The zero-order valence-electron chi connectivity index (χ0n) is 10.8. The van der Waals surface area contributed by atoms with Crippen molar-refractivity contribution < 1.29 is 0 Å². The average molecular weight is 240 g/mol. The van der Waals surface area contributed by atoms with E-state index in [-0.39, 0.29) is 6.04 Å². The molecule has 0 aliphatic carbocycles. The van der Waals surface area contributed by atoms with E-state index in [0.717, 1.165) is 16.8 Å². The Morgan fingerprint density at radius 2 is 2.17 bits per heavy atom. The Morgan fingerprint density at radius 3 is 2.67 bits per heavy atom. The van der Waals surface area contributed by atoms with Crippen LogP contribution in [0.4, 0.5) is 5.82 Å². The molecule has 2 rings (SSSR count). The summed E-state index contributed by atoms with van der Waals surface area (Å²) in [4.78, 5) is 4.12. The predicted molar refractivity (Wildman–Crippen MR) is 71.1 cm³/mol. The SMILES string of the molecule is Cc1c(C#N)c(N)n(C(C)c2cccnc2)c1C. The van der Waals surface area contributed by atoms with Gasteiger partial charge in [0, 0.05) is 18.1 Å². The maximum absolute atomic E-state index is 9.13. The second kappa shape index (κ2) is 4.53. The molecule has 2 heterocycles. The van der Waals surface area contributed by atoms with Gasteiger partial charge in [0.25, 0.3) is 0 Å². The van der Waals surface area contributed by atoms with E-state index < -0.39 is 0 Å². The van der Waals surface area contributed by atoms with Crippen LogP contribution in [0.25, 0.3) is 0 Å². The lowest BCUT2D eigenvalue weighted by atomic mass is 10.1. The third-order valence-electron chi connectivity index (χ3n) is 3.46. The number of nitriles is 1. The highest BCUT2D eigenvalue weighted by Crippen LogP contribution is 2.30. The summed E-state index contributed by atoms with van der Waals surface area (Å²) < 4.78 is 1.99. The maximum atomic E-state index is 9.13. The van der Waals surface area contributed by atoms with Gasteiger partial charge in [-0.25, -0.2) is 0 Å². The van der Waals surface area contributed by atoms with Crippen molar-refractivity contribution in [3.05, 3.63) is 46.9 Å². The molecule has 0 amide bonds. The molecule has 1 unspecified atom stereocenters. The molecule has 2 aromatic heterocycles. The van der Waals surface area contributed by atoms with E-state index in [2.05, 4.69) is 18.0 Å². The summed E-state index contributed by atoms with van der Waals surface area (Å²) >= 11 is 0. The molecule has 0 saturated heterocycles. The van der Waals surface area contributed by atoms with E-state index in [9.17, 15) is 0 Å². The lowest BCUT2D eigenvalue weighted by molar-refractivity contribution is 0.631. The molecule has 0 fully saturated rings. The Morgan fingerprint density at radius 1 is 1.44 bits per heavy atom. The fourth-order valence-corrected chi connectivity index (χ4v) is 2.27. The minimum atomic E-state index is 0.0690. The van der Waals surface area contributed by atoms with Crippen molar-refractivity contribution in [2.75, 3.05) is 5.73 Å². The van der Waals surface area contributed by atoms with Crippen LogP contribution in [-0.4, -0.2) is 9.55 Å². The summed E-state index contributed by atoms with van der Waals surface area (Å²) in [6.07, 6.45) is 3.57. The molecular formula is C14H16N4. The molecule has 0 bridgehead atoms. The van der Waals surface area contributed by atoms with Crippen molar-refractivity contribution in [2.24, 2.45) is 0 Å². The molecule has 0 saturated carbocycles. The minimum absolute atomic E-state index is 0.0690. The molecule has 0 spiro atoms. The van der Waals surface area contributed by atoms with Crippen molar-refractivity contribution in [1.82, 2.24) is 9.55 Å². The first-order valence-corrected chi connectivity index (χ1v) is 5.84. The maximum Gasteiger partial charge on any atom is 0.122 e. The molecule has 0 aromatic carbocycles. The van der Waals surface area contributed by atoms with Crippen molar-refractivity contribution in [3.63, 3.8) is 0 Å².